The van der Waals surface area contributed by atoms with Crippen LogP contribution in [0.15, 0.2) is 103 Å². The number of hydrogen-bond donors (Lipinski definition) is 0. The van der Waals surface area contributed by atoms with Gasteiger partial charge in [0, 0.05) is 5.41 Å². The van der Waals surface area contributed by atoms with E-state index in [1.165, 1.54) is 33.4 Å². The molecule has 0 unspecified atom stereocenters. The number of allylic oxidation sites excluding steroid dienone is 3. The molecule has 26 heavy (non-hydrogen) atoms. The average Bonchev–Trinajstić information content (AvgIpc) is 3.28. The van der Waals surface area contributed by atoms with E-state index < -0.39 is 0 Å². The molecule has 0 aliphatic heterocycles. The molecule has 1 aliphatic carbocycles. The Bertz CT molecular complexity index is 882. The molecular weight excluding hydrogens is 312 g/mol. The zero-order valence-corrected chi connectivity index (χ0v) is 15.3. The molecule has 0 heterocycles. The number of hydrogen-bond acceptors (Lipinski definition) is 0. The number of rotatable bonds is 6. The van der Waals surface area contributed by atoms with Gasteiger partial charge in [-0.15, -0.1) is 0 Å². The highest BCUT2D eigenvalue weighted by Crippen LogP contribution is 2.66. The predicted molar refractivity (Wildman–Crippen MR) is 112 cm³/mol. The molecule has 0 bridgehead atoms. The van der Waals surface area contributed by atoms with Crippen LogP contribution >= 0.6 is 0 Å². The molecule has 4 rings (SSSR count). The van der Waals surface area contributed by atoms with E-state index in [0.29, 0.717) is 0 Å². The molecule has 0 amide bonds. The van der Waals surface area contributed by atoms with Crippen molar-refractivity contribution in [1.82, 2.24) is 0 Å². The van der Waals surface area contributed by atoms with Crippen LogP contribution in [-0.2, 0) is 6.42 Å². The summed E-state index contributed by atoms with van der Waals surface area (Å²) in [6.45, 7) is 6.77. The first-order valence-corrected chi connectivity index (χ1v) is 9.25. The second-order valence-electron chi connectivity index (χ2n) is 7.40. The summed E-state index contributed by atoms with van der Waals surface area (Å²) >= 11 is 0. The summed E-state index contributed by atoms with van der Waals surface area (Å²) < 4.78 is 0. The van der Waals surface area contributed by atoms with Crippen molar-refractivity contribution in [3.63, 3.8) is 0 Å². The third-order valence-electron chi connectivity index (χ3n) is 5.32. The maximum Gasteiger partial charge on any atom is 0.0230 e. The van der Waals surface area contributed by atoms with E-state index in [0.717, 1.165) is 12.8 Å². The van der Waals surface area contributed by atoms with Crippen molar-refractivity contribution in [3.8, 4) is 0 Å². The molecule has 0 N–H and O–H groups in total. The molecule has 0 spiro atoms. The minimum absolute atomic E-state index is 0.0779. The minimum Gasteiger partial charge on any atom is -0.0995 e. The van der Waals surface area contributed by atoms with Gasteiger partial charge in [-0.05, 0) is 40.7 Å². The zero-order chi connectivity index (χ0) is 18.0. The molecule has 0 atom stereocenters. The van der Waals surface area contributed by atoms with Gasteiger partial charge in [-0.1, -0.05) is 110 Å². The Morgan fingerprint density at radius 2 is 1.12 bits per heavy atom. The lowest BCUT2D eigenvalue weighted by atomic mass is 9.86. The first-order valence-electron chi connectivity index (χ1n) is 9.25. The van der Waals surface area contributed by atoms with Crippen molar-refractivity contribution >= 4 is 11.1 Å². The summed E-state index contributed by atoms with van der Waals surface area (Å²) in [6.07, 6.45) is 1.94. The lowest BCUT2D eigenvalue weighted by Crippen LogP contribution is -2.05. The summed E-state index contributed by atoms with van der Waals surface area (Å²) in [5.41, 5.74) is 8.32. The Morgan fingerprint density at radius 3 is 1.58 bits per heavy atom. The molecule has 0 saturated carbocycles. The van der Waals surface area contributed by atoms with Crippen molar-refractivity contribution in [3.05, 3.63) is 120 Å². The van der Waals surface area contributed by atoms with Crippen LogP contribution in [0.3, 0.4) is 0 Å². The maximum atomic E-state index is 4.40. The van der Waals surface area contributed by atoms with Gasteiger partial charge in [-0.2, -0.15) is 0 Å². The van der Waals surface area contributed by atoms with Crippen molar-refractivity contribution in [2.45, 2.75) is 19.8 Å². The standard InChI is InChI=1S/C26H24/c1-20(18-21-12-6-3-7-13-21)19-26(2)24(22-14-8-4-9-15-22)25(26)23-16-10-5-11-17-23/h3-17H,1,18-19H2,2H3. The van der Waals surface area contributed by atoms with Gasteiger partial charge < -0.3 is 0 Å². The SMILES string of the molecule is C=C(Cc1ccccc1)CC1(C)C(c2ccccc2)=C1c1ccccc1. The van der Waals surface area contributed by atoms with E-state index in [1.807, 2.05) is 0 Å². The first kappa shape index (κ1) is 16.6. The van der Waals surface area contributed by atoms with Gasteiger partial charge in [0.2, 0.25) is 0 Å². The smallest absolute Gasteiger partial charge is 0.0230 e. The van der Waals surface area contributed by atoms with E-state index >= 15 is 0 Å². The molecule has 0 nitrogen and oxygen atoms in total. The average molecular weight is 336 g/mol. The van der Waals surface area contributed by atoms with Crippen LogP contribution in [0.1, 0.15) is 30.0 Å². The third kappa shape index (κ3) is 3.15. The molecule has 0 radical (unpaired) electrons. The summed E-state index contributed by atoms with van der Waals surface area (Å²) in [4.78, 5) is 0. The molecular formula is C26H24. The summed E-state index contributed by atoms with van der Waals surface area (Å²) in [5.74, 6) is 0. The van der Waals surface area contributed by atoms with Crippen molar-refractivity contribution in [2.24, 2.45) is 5.41 Å². The zero-order valence-electron chi connectivity index (χ0n) is 15.3. The molecule has 0 fully saturated rings. The van der Waals surface area contributed by atoms with Crippen LogP contribution in [0, 0.1) is 5.41 Å². The normalized spacial score (nSPS) is 15.0. The molecule has 128 valence electrons. The quantitative estimate of drug-likeness (QED) is 0.434. The molecule has 3 aromatic carbocycles. The summed E-state index contributed by atoms with van der Waals surface area (Å²) in [7, 11) is 0. The van der Waals surface area contributed by atoms with Crippen LogP contribution in [0.25, 0.3) is 11.1 Å². The molecule has 0 saturated heterocycles. The van der Waals surface area contributed by atoms with E-state index in [4.69, 9.17) is 0 Å². The van der Waals surface area contributed by atoms with Gasteiger partial charge in [0.15, 0.2) is 0 Å². The fourth-order valence-electron chi connectivity index (χ4n) is 4.17. The third-order valence-corrected chi connectivity index (χ3v) is 5.32. The molecule has 3 aromatic rings. The Kier molecular flexibility index (Phi) is 4.34. The Balaban J connectivity index is 1.61. The summed E-state index contributed by atoms with van der Waals surface area (Å²) in [6, 6.07) is 32.2. The van der Waals surface area contributed by atoms with E-state index in [1.54, 1.807) is 0 Å². The fourth-order valence-corrected chi connectivity index (χ4v) is 4.17. The lowest BCUT2D eigenvalue weighted by Gasteiger charge is -2.17. The van der Waals surface area contributed by atoms with Crippen LogP contribution in [0.2, 0.25) is 0 Å². The second-order valence-corrected chi connectivity index (χ2v) is 7.40. The van der Waals surface area contributed by atoms with Crippen LogP contribution < -0.4 is 0 Å². The predicted octanol–water partition coefficient (Wildman–Crippen LogP) is 6.81. The van der Waals surface area contributed by atoms with Crippen molar-refractivity contribution in [1.29, 1.82) is 0 Å². The van der Waals surface area contributed by atoms with Gasteiger partial charge >= 0.3 is 0 Å². The highest BCUT2D eigenvalue weighted by atomic mass is 14.5. The van der Waals surface area contributed by atoms with Gasteiger partial charge in [-0.3, -0.25) is 0 Å². The van der Waals surface area contributed by atoms with E-state index in [-0.39, 0.29) is 5.41 Å². The van der Waals surface area contributed by atoms with Crippen molar-refractivity contribution < 1.29 is 0 Å². The van der Waals surface area contributed by atoms with Crippen LogP contribution in [0.4, 0.5) is 0 Å². The summed E-state index contributed by atoms with van der Waals surface area (Å²) in [5, 5.41) is 0. The van der Waals surface area contributed by atoms with Crippen molar-refractivity contribution in [2.75, 3.05) is 0 Å². The molecule has 1 aliphatic rings. The van der Waals surface area contributed by atoms with Gasteiger partial charge in [-0.25, -0.2) is 0 Å². The van der Waals surface area contributed by atoms with E-state index in [9.17, 15) is 0 Å². The monoisotopic (exact) mass is 336 g/mol. The Labute approximate surface area is 156 Å². The van der Waals surface area contributed by atoms with E-state index in [2.05, 4.69) is 104 Å². The highest BCUT2D eigenvalue weighted by molar-refractivity contribution is 6.14. The fraction of sp³-hybridized carbons (Fsp3) is 0.154. The van der Waals surface area contributed by atoms with Crippen LogP contribution in [-0.4, -0.2) is 0 Å². The lowest BCUT2D eigenvalue weighted by molar-refractivity contribution is 0.647. The second kappa shape index (κ2) is 6.80. The first-order chi connectivity index (χ1) is 12.7. The van der Waals surface area contributed by atoms with Crippen LogP contribution in [0.5, 0.6) is 0 Å². The maximum absolute atomic E-state index is 4.40. The largest absolute Gasteiger partial charge is 0.0995 e. The highest BCUT2D eigenvalue weighted by Gasteiger charge is 2.49. The van der Waals surface area contributed by atoms with Gasteiger partial charge in [0.05, 0.1) is 0 Å². The minimum atomic E-state index is 0.0779. The van der Waals surface area contributed by atoms with Gasteiger partial charge in [0.1, 0.15) is 0 Å². The topological polar surface area (TPSA) is 0 Å². The van der Waals surface area contributed by atoms with Gasteiger partial charge in [0.25, 0.3) is 0 Å². The molecule has 0 aromatic heterocycles. The Morgan fingerprint density at radius 1 is 0.692 bits per heavy atom. The Hall–Kier alpha value is -2.86. The molecule has 0 heteroatoms. The number of benzene rings is 3.